The lowest BCUT2D eigenvalue weighted by atomic mass is 9.96. The van der Waals surface area contributed by atoms with Gasteiger partial charge in [0, 0.05) is 11.0 Å². The van der Waals surface area contributed by atoms with Crippen molar-refractivity contribution >= 4 is 28.9 Å². The minimum absolute atomic E-state index is 0.323. The van der Waals surface area contributed by atoms with Crippen molar-refractivity contribution in [3.05, 3.63) is 0 Å². The highest BCUT2D eigenvalue weighted by Crippen LogP contribution is 2.25. The molecule has 4 atom stereocenters. The van der Waals surface area contributed by atoms with Crippen LogP contribution in [0.2, 0.25) is 0 Å². The van der Waals surface area contributed by atoms with Crippen molar-refractivity contribution in [2.24, 2.45) is 0 Å². The molecule has 1 heterocycles. The Balaban J connectivity index is 2.69. The maximum absolute atomic E-state index is 10.7. The van der Waals surface area contributed by atoms with Crippen molar-refractivity contribution in [3.63, 3.8) is 0 Å². The Kier molecular flexibility index (Phi) is 7.19. The summed E-state index contributed by atoms with van der Waals surface area (Å²) in [4.78, 5) is 10.7. The van der Waals surface area contributed by atoms with Gasteiger partial charge in [-0.15, -0.1) is 0 Å². The maximum Gasteiger partial charge on any atom is 0.121 e. The number of aldehydes is 1. The molecule has 1 aliphatic rings. The molecule has 0 aromatic carbocycles. The van der Waals surface area contributed by atoms with Crippen LogP contribution >= 0.6 is 22.6 Å². The van der Waals surface area contributed by atoms with E-state index in [1.807, 2.05) is 0 Å². The van der Waals surface area contributed by atoms with Crippen molar-refractivity contribution in [2.45, 2.75) is 57.7 Å². The van der Waals surface area contributed by atoms with E-state index in [-0.39, 0.29) is 0 Å². The van der Waals surface area contributed by atoms with Gasteiger partial charge in [-0.2, -0.15) is 0 Å². The fourth-order valence-electron chi connectivity index (χ4n) is 2.72. The predicted octanol–water partition coefficient (Wildman–Crippen LogP) is -0.828. The molecule has 1 N–H and O–H groups in total. The molecule has 0 spiro atoms. The number of hydrogen-bond acceptors (Lipinski definition) is 2. The highest BCUT2D eigenvalue weighted by atomic mass is 127. The third-order valence-corrected chi connectivity index (χ3v) is 6.69. The number of nitrogens with one attached hydrogen (secondary N) is 1. The Morgan fingerprint density at radius 1 is 1.47 bits per heavy atom. The lowest BCUT2D eigenvalue weighted by Crippen LogP contribution is -3.48. The van der Waals surface area contributed by atoms with Gasteiger partial charge in [0.2, 0.25) is 0 Å². The molecule has 0 saturated carbocycles. The molecular formula is C12H23I2N2O. The first-order valence-electron chi connectivity index (χ1n) is 6.34. The minimum atomic E-state index is 0.323. The smallest absolute Gasteiger partial charge is 0.121 e. The number of halogens is 2. The van der Waals surface area contributed by atoms with Crippen molar-refractivity contribution in [3.8, 4) is 0 Å². The second-order valence-electron chi connectivity index (χ2n) is 5.08. The minimum Gasteiger partial charge on any atom is -0.472 e. The quantitative estimate of drug-likeness (QED) is 0.183. The molecule has 0 amide bonds. The van der Waals surface area contributed by atoms with E-state index in [1.54, 1.807) is 0 Å². The Morgan fingerprint density at radius 3 is 2.53 bits per heavy atom. The molecule has 3 nitrogen and oxygen atoms in total. The van der Waals surface area contributed by atoms with E-state index in [9.17, 15) is 4.79 Å². The third kappa shape index (κ3) is 4.28. The molecule has 17 heavy (non-hydrogen) atoms. The summed E-state index contributed by atoms with van der Waals surface area (Å²) in [6.45, 7) is 5.76. The van der Waals surface area contributed by atoms with Crippen LogP contribution in [-0.2, 0) is 4.79 Å². The molecule has 5 heteroatoms. The molecule has 1 aliphatic heterocycles. The van der Waals surface area contributed by atoms with Gasteiger partial charge in [0.25, 0.3) is 0 Å². The zero-order valence-corrected chi connectivity index (χ0v) is 15.0. The summed E-state index contributed by atoms with van der Waals surface area (Å²) < 4.78 is 2.00. The second kappa shape index (κ2) is 7.59. The molecule has 1 radical (unpaired) electrons. The van der Waals surface area contributed by atoms with Crippen molar-refractivity contribution in [1.29, 1.82) is 0 Å². The van der Waals surface area contributed by atoms with Gasteiger partial charge in [0.1, 0.15) is 6.29 Å². The van der Waals surface area contributed by atoms with Gasteiger partial charge in [0.15, 0.2) is 0 Å². The molecule has 1 rings (SSSR count). The lowest BCUT2D eigenvalue weighted by molar-refractivity contribution is -1.33. The SMILES string of the molecule is C[C@@H]1CCC[C@H](C)[N+]1([I-])C[C@H](CC=O)NCI. The van der Waals surface area contributed by atoms with Crippen molar-refractivity contribution in [2.75, 3.05) is 11.1 Å². The summed E-state index contributed by atoms with van der Waals surface area (Å²) in [6.07, 6.45) is 5.65. The third-order valence-electron chi connectivity index (χ3n) is 3.96. The predicted molar refractivity (Wildman–Crippen MR) is 74.4 cm³/mol. The monoisotopic (exact) mass is 465 g/mol. The number of piperidine rings is 1. The zero-order valence-electron chi connectivity index (χ0n) is 10.7. The number of carbonyl (C=O) groups is 1. The molecule has 0 bridgehead atoms. The van der Waals surface area contributed by atoms with E-state index in [4.69, 9.17) is 0 Å². The number of hydrogen-bond donors (Lipinski definition) is 1. The number of quaternary nitrogens is 1. The van der Waals surface area contributed by atoms with E-state index < -0.39 is 0 Å². The lowest BCUT2D eigenvalue weighted by Gasteiger charge is -2.58. The summed E-state index contributed by atoms with van der Waals surface area (Å²) in [5.74, 6) is 0. The van der Waals surface area contributed by atoms with Gasteiger partial charge in [-0.1, -0.05) is 22.6 Å². The standard InChI is InChI=1S/C12H23I2N2O/c1-10-4-3-5-11(2)16(10,14)8-12(6-7-17)15-9-13/h7,10-12,15H,3-6,8-9H2,1-2H3/t10-,11+,12-,16?/m0/s1. The van der Waals surface area contributed by atoms with Crippen LogP contribution in [0.1, 0.15) is 39.5 Å². The highest BCUT2D eigenvalue weighted by Gasteiger charge is 2.34. The van der Waals surface area contributed by atoms with E-state index >= 15 is 0 Å². The second-order valence-corrected chi connectivity index (χ2v) is 7.64. The van der Waals surface area contributed by atoms with E-state index in [1.165, 1.54) is 19.3 Å². The Hall–Kier alpha value is 1.05. The van der Waals surface area contributed by atoms with Gasteiger partial charge in [-0.25, -0.2) is 0 Å². The largest absolute Gasteiger partial charge is 0.472 e. The van der Waals surface area contributed by atoms with Crippen LogP contribution in [-0.4, -0.2) is 38.2 Å². The fraction of sp³-hybridized carbons (Fsp3) is 0.917. The van der Waals surface area contributed by atoms with Crippen LogP contribution in [0.25, 0.3) is 0 Å². The first-order valence-corrected chi connectivity index (χ1v) is 8.83. The van der Waals surface area contributed by atoms with E-state index in [2.05, 4.69) is 64.6 Å². The molecule has 101 valence electrons. The average molecular weight is 465 g/mol. The van der Waals surface area contributed by atoms with E-state index in [0.29, 0.717) is 24.5 Å². The van der Waals surface area contributed by atoms with Crippen LogP contribution in [0.4, 0.5) is 0 Å². The molecule has 0 aromatic rings. The first kappa shape index (κ1) is 16.1. The number of nitrogens with zero attached hydrogens (tertiary/aromatic N) is 1. The number of alkyl halides is 1. The van der Waals surface area contributed by atoms with Crippen LogP contribution < -0.4 is 28.2 Å². The van der Waals surface area contributed by atoms with Gasteiger partial charge in [-0.05, 0) is 33.1 Å². The summed E-state index contributed by atoms with van der Waals surface area (Å²) >= 11 is 4.93. The van der Waals surface area contributed by atoms with Gasteiger partial charge < -0.3 is 30.4 Å². The molecular weight excluding hydrogens is 442 g/mol. The number of likely N-dealkylation sites (tertiary alicyclic amines) is 1. The summed E-state index contributed by atoms with van der Waals surface area (Å²) in [5.41, 5.74) is 0. The maximum atomic E-state index is 10.7. The average Bonchev–Trinajstić information content (AvgIpc) is 2.27. The van der Waals surface area contributed by atoms with Crippen LogP contribution in [0.15, 0.2) is 0 Å². The Bertz CT molecular complexity index is 241. The van der Waals surface area contributed by atoms with Crippen molar-refractivity contribution in [1.82, 2.24) is 5.32 Å². The normalized spacial score (nSPS) is 35.5. The molecule has 0 aromatic heterocycles. The number of carbonyl (C=O) groups excluding carboxylic acids is 1. The van der Waals surface area contributed by atoms with Crippen LogP contribution in [0.3, 0.4) is 0 Å². The molecule has 1 fully saturated rings. The Labute approximate surface area is 132 Å². The highest BCUT2D eigenvalue weighted by molar-refractivity contribution is 14.1. The summed E-state index contributed by atoms with van der Waals surface area (Å²) in [6, 6.07) is 1.72. The summed E-state index contributed by atoms with van der Waals surface area (Å²) in [7, 11) is 0. The van der Waals surface area contributed by atoms with Crippen LogP contribution in [0.5, 0.6) is 0 Å². The van der Waals surface area contributed by atoms with Crippen molar-refractivity contribution < 1.29 is 30.4 Å². The fourth-order valence-corrected chi connectivity index (χ4v) is 4.37. The van der Waals surface area contributed by atoms with Crippen LogP contribution in [0, 0.1) is 0 Å². The molecule has 1 unspecified atom stereocenters. The summed E-state index contributed by atoms with van der Waals surface area (Å²) in [5, 5.41) is 3.43. The van der Waals surface area contributed by atoms with Gasteiger partial charge >= 0.3 is 0 Å². The Morgan fingerprint density at radius 2 is 2.06 bits per heavy atom. The first-order chi connectivity index (χ1) is 8.04. The molecule has 1 saturated heterocycles. The van der Waals surface area contributed by atoms with E-state index in [0.717, 1.165) is 20.1 Å². The molecule has 0 aliphatic carbocycles. The number of rotatable bonds is 6. The topological polar surface area (TPSA) is 29.1 Å². The van der Waals surface area contributed by atoms with Gasteiger partial charge in [0.05, 0.1) is 24.7 Å². The zero-order chi connectivity index (χ0) is 12.9. The van der Waals surface area contributed by atoms with Gasteiger partial charge in [-0.3, -0.25) is 5.32 Å².